The van der Waals surface area contributed by atoms with Gasteiger partial charge in [-0.1, -0.05) is 36.4 Å². The molecular weight excluding hydrogens is 357 g/mol. The highest BCUT2D eigenvalue weighted by molar-refractivity contribution is 7.48. The molecule has 2 heterocycles. The number of para-hydroxylation sites is 1. The molecule has 2 N–H and O–H groups in total. The first-order valence-electron chi connectivity index (χ1n) is 8.61. The van der Waals surface area contributed by atoms with E-state index in [2.05, 4.69) is 27.3 Å². The van der Waals surface area contributed by atoms with Crippen molar-refractivity contribution >= 4 is 35.1 Å². The van der Waals surface area contributed by atoms with Gasteiger partial charge in [-0.25, -0.2) is 0 Å². The van der Waals surface area contributed by atoms with Crippen LogP contribution in [0.5, 0.6) is 5.75 Å². The predicted molar refractivity (Wildman–Crippen MR) is 109 cm³/mol. The van der Waals surface area contributed by atoms with E-state index >= 15 is 0 Å². The summed E-state index contributed by atoms with van der Waals surface area (Å²) in [6.45, 7) is 0. The molecule has 0 aliphatic carbocycles. The van der Waals surface area contributed by atoms with Gasteiger partial charge in [0.15, 0.2) is 0 Å². The van der Waals surface area contributed by atoms with E-state index in [0.29, 0.717) is 11.1 Å². The van der Waals surface area contributed by atoms with Crippen molar-refractivity contribution in [1.82, 2.24) is 15.2 Å². The normalized spacial score (nSPS) is 12.4. The van der Waals surface area contributed by atoms with Crippen molar-refractivity contribution in [3.63, 3.8) is 0 Å². The Kier molecular flexibility index (Phi) is 3.80. The van der Waals surface area contributed by atoms with Crippen LogP contribution in [0.2, 0.25) is 0 Å². The molecule has 2 aromatic heterocycles. The first-order valence-corrected chi connectivity index (χ1v) is 9.93. The van der Waals surface area contributed by atoms with E-state index < -0.39 is 8.03 Å². The highest BCUT2D eigenvalue weighted by Gasteiger charge is 2.13. The fourth-order valence-electron chi connectivity index (χ4n) is 3.20. The molecule has 1 unspecified atom stereocenters. The number of nitrogens with one attached hydrogen (secondary N) is 2. The quantitative estimate of drug-likeness (QED) is 0.441. The van der Waals surface area contributed by atoms with Crippen LogP contribution in [0.1, 0.15) is 0 Å². The largest absolute Gasteiger partial charge is 0.442 e. The van der Waals surface area contributed by atoms with E-state index in [-0.39, 0.29) is 0 Å². The number of aromatic nitrogens is 3. The Morgan fingerprint density at radius 3 is 2.52 bits per heavy atom. The van der Waals surface area contributed by atoms with Crippen LogP contribution in [-0.4, -0.2) is 15.2 Å². The summed E-state index contributed by atoms with van der Waals surface area (Å²) in [7, 11) is -2.36. The van der Waals surface area contributed by atoms with Crippen LogP contribution >= 0.6 is 8.03 Å². The van der Waals surface area contributed by atoms with E-state index in [9.17, 15) is 4.57 Å². The molecule has 5 aromatic rings. The van der Waals surface area contributed by atoms with Crippen LogP contribution < -0.4 is 9.83 Å². The van der Waals surface area contributed by atoms with Gasteiger partial charge in [0.25, 0.3) is 8.03 Å². The molecule has 0 saturated heterocycles. The van der Waals surface area contributed by atoms with Gasteiger partial charge in [-0.15, -0.1) is 0 Å². The summed E-state index contributed by atoms with van der Waals surface area (Å²) >= 11 is 0. The minimum atomic E-state index is -2.36. The van der Waals surface area contributed by atoms with Crippen molar-refractivity contribution in [3.8, 4) is 17.1 Å². The van der Waals surface area contributed by atoms with E-state index in [1.54, 1.807) is 6.07 Å². The molecule has 0 amide bonds. The fourth-order valence-corrected chi connectivity index (χ4v) is 4.13. The van der Waals surface area contributed by atoms with Crippen LogP contribution in [0.4, 0.5) is 0 Å². The summed E-state index contributed by atoms with van der Waals surface area (Å²) in [5.41, 5.74) is 3.70. The van der Waals surface area contributed by atoms with Crippen molar-refractivity contribution in [2.45, 2.75) is 0 Å². The molecule has 132 valence electrons. The van der Waals surface area contributed by atoms with Gasteiger partial charge in [0.05, 0.1) is 11.2 Å². The van der Waals surface area contributed by atoms with E-state index in [4.69, 9.17) is 4.52 Å². The minimum absolute atomic E-state index is 0.564. The summed E-state index contributed by atoms with van der Waals surface area (Å²) < 4.78 is 18.2. The van der Waals surface area contributed by atoms with Gasteiger partial charge in [0.1, 0.15) is 11.4 Å². The molecule has 0 spiro atoms. The fraction of sp³-hybridized carbons (Fsp3) is 0. The van der Waals surface area contributed by atoms with Gasteiger partial charge in [-0.3, -0.25) is 9.66 Å². The SMILES string of the molecule is O=[PH](Oc1ccc2[nH]nc(-c3cc4ccccc4[nH]3)c2c1)c1ccccc1. The summed E-state index contributed by atoms with van der Waals surface area (Å²) in [5, 5.41) is 10.3. The third kappa shape index (κ3) is 2.92. The monoisotopic (exact) mass is 373 g/mol. The Hall–Kier alpha value is -3.30. The average Bonchev–Trinajstić information content (AvgIpc) is 3.32. The van der Waals surface area contributed by atoms with E-state index in [1.165, 1.54) is 0 Å². The lowest BCUT2D eigenvalue weighted by molar-refractivity contribution is 0.515. The maximum Gasteiger partial charge on any atom is 0.265 e. The van der Waals surface area contributed by atoms with E-state index in [1.807, 2.05) is 60.7 Å². The number of fused-ring (bicyclic) bond motifs is 2. The molecule has 0 radical (unpaired) electrons. The standard InChI is InChI=1S/C21H16N3O2P/c25-27(16-7-2-1-3-8-16)26-15-10-11-19-17(13-15)21(24-23-19)20-12-14-6-4-5-9-18(14)22-20/h1-13,22,27H,(H,23,24). The lowest BCUT2D eigenvalue weighted by atomic mass is 10.1. The van der Waals surface area contributed by atoms with Crippen LogP contribution in [-0.2, 0) is 4.57 Å². The first-order chi connectivity index (χ1) is 13.3. The number of aromatic amines is 2. The second-order valence-corrected chi connectivity index (χ2v) is 7.66. The second kappa shape index (κ2) is 6.45. The van der Waals surface area contributed by atoms with Gasteiger partial charge >= 0.3 is 0 Å². The average molecular weight is 373 g/mol. The van der Waals surface area contributed by atoms with Gasteiger partial charge in [0.2, 0.25) is 0 Å². The van der Waals surface area contributed by atoms with Gasteiger partial charge in [-0.05, 0) is 42.5 Å². The summed E-state index contributed by atoms with van der Waals surface area (Å²) in [5.74, 6) is 0.564. The highest BCUT2D eigenvalue weighted by Crippen LogP contribution is 2.33. The molecule has 5 nitrogen and oxygen atoms in total. The summed E-state index contributed by atoms with van der Waals surface area (Å²) in [6.07, 6.45) is 0. The van der Waals surface area contributed by atoms with Gasteiger partial charge < -0.3 is 9.51 Å². The number of H-pyrrole nitrogens is 2. The molecule has 3 aromatic carbocycles. The van der Waals surface area contributed by atoms with Crippen LogP contribution in [0, 0.1) is 0 Å². The molecule has 0 bridgehead atoms. The lowest BCUT2D eigenvalue weighted by Crippen LogP contribution is -1.98. The third-order valence-electron chi connectivity index (χ3n) is 4.54. The van der Waals surface area contributed by atoms with Crippen molar-refractivity contribution in [1.29, 1.82) is 0 Å². The van der Waals surface area contributed by atoms with Crippen molar-refractivity contribution < 1.29 is 9.09 Å². The Bertz CT molecular complexity index is 1240. The molecule has 0 fully saturated rings. The summed E-state index contributed by atoms with van der Waals surface area (Å²) in [6, 6.07) is 25.0. The Labute approximate surface area is 155 Å². The van der Waals surface area contributed by atoms with Crippen LogP contribution in [0.25, 0.3) is 33.2 Å². The number of rotatable bonds is 4. The molecule has 5 rings (SSSR count). The molecule has 0 aliphatic rings. The number of benzene rings is 3. The zero-order valence-corrected chi connectivity index (χ0v) is 15.3. The lowest BCUT2D eigenvalue weighted by Gasteiger charge is -2.06. The van der Waals surface area contributed by atoms with Crippen LogP contribution in [0.15, 0.2) is 78.9 Å². The second-order valence-electron chi connectivity index (χ2n) is 6.31. The predicted octanol–water partition coefficient (Wildman–Crippen LogP) is 4.89. The summed E-state index contributed by atoms with van der Waals surface area (Å²) in [4.78, 5) is 3.40. The number of hydrogen-bond acceptors (Lipinski definition) is 3. The zero-order valence-electron chi connectivity index (χ0n) is 14.3. The maximum absolute atomic E-state index is 12.5. The molecule has 1 atom stereocenters. The minimum Gasteiger partial charge on any atom is -0.442 e. The smallest absolute Gasteiger partial charge is 0.265 e. The third-order valence-corrected chi connectivity index (χ3v) is 5.77. The molecule has 6 heteroatoms. The highest BCUT2D eigenvalue weighted by atomic mass is 31.1. The molecule has 0 saturated carbocycles. The Morgan fingerprint density at radius 1 is 0.852 bits per heavy atom. The molecule has 27 heavy (non-hydrogen) atoms. The Balaban J connectivity index is 1.53. The topological polar surface area (TPSA) is 70.8 Å². The van der Waals surface area contributed by atoms with Crippen LogP contribution in [0.3, 0.4) is 0 Å². The molecular formula is C21H16N3O2P. The van der Waals surface area contributed by atoms with Gasteiger partial charge in [0, 0.05) is 21.6 Å². The van der Waals surface area contributed by atoms with Crippen molar-refractivity contribution in [2.75, 3.05) is 0 Å². The van der Waals surface area contributed by atoms with Crippen molar-refractivity contribution in [3.05, 3.63) is 78.9 Å². The Morgan fingerprint density at radius 2 is 1.67 bits per heavy atom. The zero-order chi connectivity index (χ0) is 18.2. The van der Waals surface area contributed by atoms with E-state index in [0.717, 1.165) is 33.2 Å². The van der Waals surface area contributed by atoms with Crippen molar-refractivity contribution in [2.24, 2.45) is 0 Å². The maximum atomic E-state index is 12.5. The van der Waals surface area contributed by atoms with Gasteiger partial charge in [-0.2, -0.15) is 5.10 Å². The number of hydrogen-bond donors (Lipinski definition) is 2. The molecule has 0 aliphatic heterocycles. The first kappa shape index (κ1) is 15.9. The number of nitrogens with zero attached hydrogens (tertiary/aromatic N) is 1.